The van der Waals surface area contributed by atoms with Crippen molar-refractivity contribution in [1.29, 1.82) is 0 Å². The molecule has 0 heterocycles. The fourth-order valence-corrected chi connectivity index (χ4v) is 0.810. The molecule has 0 saturated carbocycles. The second-order valence-electron chi connectivity index (χ2n) is 3.28. The number of rotatable bonds is 7. The summed E-state index contributed by atoms with van der Waals surface area (Å²) in [6.07, 6.45) is 3.55. The average Bonchev–Trinajstić information content (AvgIpc) is 1.96. The standard InChI is InChI=1S/C9H21NO/c1-4-7-10-11-8-5-6-9(2)3/h9-10H,4-8H2,1-3H3. The first-order chi connectivity index (χ1) is 5.27. The molecule has 0 rings (SSSR count). The third kappa shape index (κ3) is 9.92. The summed E-state index contributed by atoms with van der Waals surface area (Å²) in [5, 5.41) is 0. The zero-order valence-electron chi connectivity index (χ0n) is 8.02. The lowest BCUT2D eigenvalue weighted by Crippen LogP contribution is -2.16. The van der Waals surface area contributed by atoms with Crippen molar-refractivity contribution in [1.82, 2.24) is 5.48 Å². The Morgan fingerprint density at radius 1 is 1.36 bits per heavy atom. The molecule has 0 aliphatic rings. The number of nitrogens with one attached hydrogen (secondary N) is 1. The van der Waals surface area contributed by atoms with Crippen LogP contribution < -0.4 is 5.48 Å². The van der Waals surface area contributed by atoms with Gasteiger partial charge in [-0.05, 0) is 25.2 Å². The molecule has 68 valence electrons. The van der Waals surface area contributed by atoms with E-state index in [2.05, 4.69) is 26.3 Å². The van der Waals surface area contributed by atoms with Gasteiger partial charge in [0, 0.05) is 6.54 Å². The molecule has 0 spiro atoms. The monoisotopic (exact) mass is 159 g/mol. The summed E-state index contributed by atoms with van der Waals surface area (Å²) < 4.78 is 0. The Bertz CT molecular complexity index is 74.0. The smallest absolute Gasteiger partial charge is 0.0682 e. The van der Waals surface area contributed by atoms with E-state index in [0.717, 1.165) is 31.9 Å². The van der Waals surface area contributed by atoms with Crippen LogP contribution in [0.15, 0.2) is 0 Å². The normalized spacial score (nSPS) is 10.9. The SMILES string of the molecule is CCCNOCCCC(C)C. The third-order valence-electron chi connectivity index (χ3n) is 1.48. The van der Waals surface area contributed by atoms with Crippen molar-refractivity contribution in [2.45, 2.75) is 40.0 Å². The molecule has 0 unspecified atom stereocenters. The van der Waals surface area contributed by atoms with Crippen LogP contribution in [0.2, 0.25) is 0 Å². The highest BCUT2D eigenvalue weighted by molar-refractivity contribution is 4.43. The van der Waals surface area contributed by atoms with Crippen molar-refractivity contribution in [2.24, 2.45) is 5.92 Å². The molecule has 0 aromatic carbocycles. The van der Waals surface area contributed by atoms with Crippen LogP contribution in [-0.2, 0) is 4.84 Å². The molecule has 2 heteroatoms. The zero-order chi connectivity index (χ0) is 8.53. The molecule has 0 amide bonds. The Morgan fingerprint density at radius 3 is 2.64 bits per heavy atom. The predicted molar refractivity (Wildman–Crippen MR) is 48.3 cm³/mol. The Labute approximate surface area is 70.3 Å². The van der Waals surface area contributed by atoms with E-state index in [9.17, 15) is 0 Å². The van der Waals surface area contributed by atoms with Crippen LogP contribution in [0.4, 0.5) is 0 Å². The summed E-state index contributed by atoms with van der Waals surface area (Å²) in [6.45, 7) is 8.41. The van der Waals surface area contributed by atoms with Crippen molar-refractivity contribution in [2.75, 3.05) is 13.2 Å². The van der Waals surface area contributed by atoms with Gasteiger partial charge in [0.1, 0.15) is 0 Å². The van der Waals surface area contributed by atoms with Crippen molar-refractivity contribution >= 4 is 0 Å². The minimum atomic E-state index is 0.796. The van der Waals surface area contributed by atoms with E-state index in [1.165, 1.54) is 6.42 Å². The molecule has 0 saturated heterocycles. The van der Waals surface area contributed by atoms with Gasteiger partial charge >= 0.3 is 0 Å². The maximum absolute atomic E-state index is 5.17. The van der Waals surface area contributed by atoms with E-state index in [0.29, 0.717) is 0 Å². The summed E-state index contributed by atoms with van der Waals surface area (Å²) in [7, 11) is 0. The second-order valence-corrected chi connectivity index (χ2v) is 3.28. The van der Waals surface area contributed by atoms with Gasteiger partial charge in [0.15, 0.2) is 0 Å². The lowest BCUT2D eigenvalue weighted by Gasteiger charge is -2.05. The minimum absolute atomic E-state index is 0.796. The van der Waals surface area contributed by atoms with Crippen molar-refractivity contribution in [3.05, 3.63) is 0 Å². The van der Waals surface area contributed by atoms with E-state index in [4.69, 9.17) is 4.84 Å². The van der Waals surface area contributed by atoms with E-state index in [1.54, 1.807) is 0 Å². The van der Waals surface area contributed by atoms with Gasteiger partial charge in [-0.15, -0.1) is 0 Å². The Balaban J connectivity index is 2.80. The molecule has 0 atom stereocenters. The topological polar surface area (TPSA) is 21.3 Å². The summed E-state index contributed by atoms with van der Waals surface area (Å²) >= 11 is 0. The van der Waals surface area contributed by atoms with Gasteiger partial charge in [-0.1, -0.05) is 20.8 Å². The molecule has 2 nitrogen and oxygen atoms in total. The van der Waals surface area contributed by atoms with Crippen LogP contribution in [0.1, 0.15) is 40.0 Å². The summed E-state index contributed by atoms with van der Waals surface area (Å²) in [4.78, 5) is 5.17. The third-order valence-corrected chi connectivity index (χ3v) is 1.48. The molecular formula is C9H21NO. The van der Waals surface area contributed by atoms with Crippen LogP contribution in [0.5, 0.6) is 0 Å². The zero-order valence-corrected chi connectivity index (χ0v) is 8.02. The maximum atomic E-state index is 5.17. The quantitative estimate of drug-likeness (QED) is 0.455. The summed E-state index contributed by atoms with van der Waals surface area (Å²) in [6, 6.07) is 0. The molecule has 0 aliphatic carbocycles. The first-order valence-electron chi connectivity index (χ1n) is 4.62. The van der Waals surface area contributed by atoms with Crippen LogP contribution in [0, 0.1) is 5.92 Å². The van der Waals surface area contributed by atoms with Gasteiger partial charge in [0.2, 0.25) is 0 Å². The molecule has 0 aromatic heterocycles. The molecule has 0 aromatic rings. The highest BCUT2D eigenvalue weighted by Gasteiger charge is 1.92. The molecule has 11 heavy (non-hydrogen) atoms. The molecule has 0 bridgehead atoms. The van der Waals surface area contributed by atoms with Crippen molar-refractivity contribution in [3.63, 3.8) is 0 Å². The summed E-state index contributed by atoms with van der Waals surface area (Å²) in [5.41, 5.74) is 2.91. The van der Waals surface area contributed by atoms with Gasteiger partial charge < -0.3 is 4.84 Å². The van der Waals surface area contributed by atoms with Gasteiger partial charge in [-0.25, -0.2) is 5.48 Å². The number of hydrogen-bond acceptors (Lipinski definition) is 2. The molecule has 0 fully saturated rings. The fourth-order valence-electron chi connectivity index (χ4n) is 0.810. The highest BCUT2D eigenvalue weighted by atomic mass is 16.6. The first-order valence-corrected chi connectivity index (χ1v) is 4.62. The molecular weight excluding hydrogens is 138 g/mol. The van der Waals surface area contributed by atoms with Crippen LogP contribution in [0.25, 0.3) is 0 Å². The summed E-state index contributed by atoms with van der Waals surface area (Å²) in [5.74, 6) is 0.796. The second kappa shape index (κ2) is 8.02. The maximum Gasteiger partial charge on any atom is 0.0682 e. The van der Waals surface area contributed by atoms with E-state index < -0.39 is 0 Å². The Morgan fingerprint density at radius 2 is 2.09 bits per heavy atom. The molecule has 0 radical (unpaired) electrons. The van der Waals surface area contributed by atoms with Crippen molar-refractivity contribution < 1.29 is 4.84 Å². The van der Waals surface area contributed by atoms with Gasteiger partial charge in [0.25, 0.3) is 0 Å². The van der Waals surface area contributed by atoms with Crippen molar-refractivity contribution in [3.8, 4) is 0 Å². The van der Waals surface area contributed by atoms with Gasteiger partial charge in [-0.3, -0.25) is 0 Å². The van der Waals surface area contributed by atoms with E-state index in [-0.39, 0.29) is 0 Å². The first kappa shape index (κ1) is 10.9. The average molecular weight is 159 g/mol. The van der Waals surface area contributed by atoms with Gasteiger partial charge in [-0.2, -0.15) is 0 Å². The number of hydroxylamine groups is 1. The van der Waals surface area contributed by atoms with Crippen LogP contribution >= 0.6 is 0 Å². The largest absolute Gasteiger partial charge is 0.302 e. The molecule has 0 aliphatic heterocycles. The predicted octanol–water partition coefficient (Wildman–Crippen LogP) is 2.35. The van der Waals surface area contributed by atoms with Crippen LogP contribution in [-0.4, -0.2) is 13.2 Å². The highest BCUT2D eigenvalue weighted by Crippen LogP contribution is 2.02. The minimum Gasteiger partial charge on any atom is -0.302 e. The number of hydrogen-bond donors (Lipinski definition) is 1. The van der Waals surface area contributed by atoms with E-state index in [1.807, 2.05) is 0 Å². The molecule has 1 N–H and O–H groups in total. The fraction of sp³-hybridized carbons (Fsp3) is 1.00. The lowest BCUT2D eigenvalue weighted by atomic mass is 10.1. The van der Waals surface area contributed by atoms with Crippen LogP contribution in [0.3, 0.4) is 0 Å². The lowest BCUT2D eigenvalue weighted by molar-refractivity contribution is 0.0377. The Hall–Kier alpha value is -0.0800. The van der Waals surface area contributed by atoms with E-state index >= 15 is 0 Å². The Kier molecular flexibility index (Phi) is 7.96. The van der Waals surface area contributed by atoms with Gasteiger partial charge in [0.05, 0.1) is 6.61 Å².